The Morgan fingerprint density at radius 3 is 1.60 bits per heavy atom. The molecule has 3 aliphatic carbocycles. The van der Waals surface area contributed by atoms with Crippen LogP contribution in [-0.2, 0) is 30.2 Å². The lowest BCUT2D eigenvalue weighted by Crippen LogP contribution is -2.49. The third-order valence-electron chi connectivity index (χ3n) is 17.3. The standard InChI is InChI=1S/C53H63F6N11O5/c1-62(24-34-5-3-4-6-45(34)52(54,55)56)43-17-36-26-68(27-37(36)18-43)51(74)70-31-41(23-61-70)49(72)66-15-16-75-47(32-66)33-7-8-35(46(21-33)53(57,58)59)25-63(2)44-19-38-28-67(29-39(38)20-44)50(73)69-30-40(22-60-69)48(71)65-13-11-64(12-14-65)42-9-10-42/h3-8,21-23,30-31,36-39,42-44,47H,9-20,24-29,32H2,1-2H3/t36-,37+,38-,39+,43?,44?,47?. The van der Waals surface area contributed by atoms with Gasteiger partial charge < -0.3 is 24.3 Å². The lowest BCUT2D eigenvalue weighted by Gasteiger charge is -2.34. The first-order valence-corrected chi connectivity index (χ1v) is 26.2. The van der Waals surface area contributed by atoms with E-state index in [0.717, 1.165) is 55.6 Å². The van der Waals surface area contributed by atoms with Gasteiger partial charge in [0.25, 0.3) is 11.8 Å². The molecular formula is C53H63F6N11O5. The Hall–Kier alpha value is -5.84. The molecule has 3 saturated carbocycles. The second-order valence-corrected chi connectivity index (χ2v) is 22.1. The van der Waals surface area contributed by atoms with Crippen LogP contribution in [-0.4, -0.2) is 182 Å². The van der Waals surface area contributed by atoms with E-state index >= 15 is 0 Å². The number of piperazine rings is 1. The van der Waals surface area contributed by atoms with Gasteiger partial charge in [0.05, 0.1) is 47.8 Å². The number of nitrogens with zero attached hydrogens (tertiary/aromatic N) is 11. The Balaban J connectivity index is 0.655. The number of benzene rings is 2. The number of aromatic nitrogens is 4. The largest absolute Gasteiger partial charge is 0.416 e. The maximum absolute atomic E-state index is 14.8. The molecule has 2 aromatic carbocycles. The van der Waals surface area contributed by atoms with Gasteiger partial charge in [-0.25, -0.2) is 9.59 Å². The van der Waals surface area contributed by atoms with Crippen LogP contribution in [0.3, 0.4) is 0 Å². The van der Waals surface area contributed by atoms with E-state index in [-0.39, 0.29) is 103 Å². The van der Waals surface area contributed by atoms with Crippen molar-refractivity contribution in [3.8, 4) is 0 Å². The molecule has 6 heterocycles. The van der Waals surface area contributed by atoms with Gasteiger partial charge >= 0.3 is 24.4 Å². The maximum atomic E-state index is 14.8. The van der Waals surface area contributed by atoms with Crippen LogP contribution in [0.1, 0.15) is 93.2 Å². The molecule has 4 amide bonds. The molecular weight excluding hydrogens is 985 g/mol. The molecule has 0 bridgehead atoms. The van der Waals surface area contributed by atoms with Gasteiger partial charge in [-0.3, -0.25) is 24.3 Å². The molecule has 7 aliphatic rings. The summed E-state index contributed by atoms with van der Waals surface area (Å²) in [5.74, 6) is 0.135. The highest BCUT2D eigenvalue weighted by atomic mass is 19.4. The molecule has 402 valence electrons. The summed E-state index contributed by atoms with van der Waals surface area (Å²) in [6, 6.07) is 9.89. The molecule has 0 N–H and O–H groups in total. The zero-order valence-corrected chi connectivity index (χ0v) is 42.1. The Bertz CT molecular complexity index is 2760. The van der Waals surface area contributed by atoms with Crippen molar-refractivity contribution < 1.29 is 50.3 Å². The minimum Gasteiger partial charge on any atom is -0.370 e. The average Bonchev–Trinajstić information content (AvgIpc) is 4.03. The lowest BCUT2D eigenvalue weighted by atomic mass is 9.98. The summed E-state index contributed by atoms with van der Waals surface area (Å²) in [6.07, 6.45) is 1.08. The second kappa shape index (κ2) is 20.3. The van der Waals surface area contributed by atoms with E-state index in [1.807, 2.05) is 28.8 Å². The van der Waals surface area contributed by atoms with E-state index in [0.29, 0.717) is 50.9 Å². The first-order chi connectivity index (χ1) is 35.8. The van der Waals surface area contributed by atoms with Gasteiger partial charge in [0.2, 0.25) is 0 Å². The summed E-state index contributed by atoms with van der Waals surface area (Å²) < 4.78 is 93.7. The van der Waals surface area contributed by atoms with Gasteiger partial charge in [-0.2, -0.15) is 45.9 Å². The van der Waals surface area contributed by atoms with E-state index in [1.54, 1.807) is 21.9 Å². The summed E-state index contributed by atoms with van der Waals surface area (Å²) in [5.41, 5.74) is -0.233. The van der Waals surface area contributed by atoms with Crippen molar-refractivity contribution in [2.24, 2.45) is 23.7 Å². The van der Waals surface area contributed by atoms with Crippen molar-refractivity contribution in [2.75, 3.05) is 86.1 Å². The molecule has 11 rings (SSSR count). The number of alkyl halides is 6. The molecule has 0 spiro atoms. The van der Waals surface area contributed by atoms with Crippen LogP contribution >= 0.6 is 0 Å². The smallest absolute Gasteiger partial charge is 0.370 e. The fourth-order valence-electron chi connectivity index (χ4n) is 13.0. The van der Waals surface area contributed by atoms with Crippen LogP contribution in [0.5, 0.6) is 0 Å². The normalized spacial score (nSPS) is 26.5. The van der Waals surface area contributed by atoms with E-state index in [4.69, 9.17) is 4.74 Å². The molecule has 4 aromatic rings. The van der Waals surface area contributed by atoms with Crippen molar-refractivity contribution in [3.63, 3.8) is 0 Å². The maximum Gasteiger partial charge on any atom is 0.416 e. The number of rotatable bonds is 10. The average molecular weight is 1050 g/mol. The Morgan fingerprint density at radius 1 is 0.600 bits per heavy atom. The predicted octanol–water partition coefficient (Wildman–Crippen LogP) is 6.87. The monoisotopic (exact) mass is 1050 g/mol. The molecule has 7 fully saturated rings. The second-order valence-electron chi connectivity index (χ2n) is 22.1. The van der Waals surface area contributed by atoms with E-state index in [9.17, 15) is 45.5 Å². The number of carbonyl (C=O) groups excluding carboxylic acids is 4. The number of fused-ring (bicyclic) bond motifs is 2. The molecule has 2 aromatic heterocycles. The zero-order valence-electron chi connectivity index (χ0n) is 42.1. The summed E-state index contributed by atoms with van der Waals surface area (Å²) in [4.78, 5) is 67.3. The van der Waals surface area contributed by atoms with Crippen LogP contribution < -0.4 is 0 Å². The molecule has 7 atom stereocenters. The van der Waals surface area contributed by atoms with Gasteiger partial charge in [-0.05, 0) is 105 Å². The number of hydrogen-bond acceptors (Lipinski definition) is 10. The summed E-state index contributed by atoms with van der Waals surface area (Å²) in [6.45, 7) is 5.41. The SMILES string of the molecule is CN(Cc1ccc(C2CN(C(=O)c3cnn(C(=O)N4C[C@H]5CC(N(C)Cc6ccccc6C(F)(F)F)C[C@H]5C4)c3)CCO2)cc1C(F)(F)F)C1C[C@@H]2CN(C(=O)n3cc(C(=O)N4CCN(C5CC5)CC4)cn3)C[C@@H]2C1. The van der Waals surface area contributed by atoms with Crippen molar-refractivity contribution in [1.82, 2.24) is 53.9 Å². The van der Waals surface area contributed by atoms with Crippen LogP contribution in [0.2, 0.25) is 0 Å². The van der Waals surface area contributed by atoms with E-state index in [1.165, 1.54) is 65.4 Å². The van der Waals surface area contributed by atoms with Gasteiger partial charge in [0, 0.05) is 103 Å². The predicted molar refractivity (Wildman–Crippen MR) is 260 cm³/mol. The first-order valence-electron chi connectivity index (χ1n) is 26.2. The molecule has 16 nitrogen and oxygen atoms in total. The number of morpholine rings is 1. The highest BCUT2D eigenvalue weighted by Crippen LogP contribution is 2.43. The van der Waals surface area contributed by atoms with Gasteiger partial charge in [-0.1, -0.05) is 30.3 Å². The Kier molecular flexibility index (Phi) is 13.9. The van der Waals surface area contributed by atoms with Crippen LogP contribution in [0.15, 0.2) is 67.3 Å². The number of hydrogen-bond donors (Lipinski definition) is 0. The topological polar surface area (TPSA) is 136 Å². The van der Waals surface area contributed by atoms with Crippen LogP contribution in [0.4, 0.5) is 35.9 Å². The number of likely N-dealkylation sites (tertiary alicyclic amines) is 2. The molecule has 4 aliphatic heterocycles. The number of amides is 4. The Morgan fingerprint density at radius 2 is 1.09 bits per heavy atom. The van der Waals surface area contributed by atoms with Crippen molar-refractivity contribution in [1.29, 1.82) is 0 Å². The van der Waals surface area contributed by atoms with Crippen molar-refractivity contribution >= 4 is 23.9 Å². The molecule has 3 unspecified atom stereocenters. The van der Waals surface area contributed by atoms with Crippen molar-refractivity contribution in [2.45, 2.75) is 88.2 Å². The Labute approximate surface area is 431 Å². The van der Waals surface area contributed by atoms with Gasteiger partial charge in [-0.15, -0.1) is 0 Å². The van der Waals surface area contributed by atoms with Gasteiger partial charge in [0.1, 0.15) is 6.10 Å². The first kappa shape index (κ1) is 51.3. The molecule has 22 heteroatoms. The third kappa shape index (κ3) is 10.7. The molecule has 75 heavy (non-hydrogen) atoms. The van der Waals surface area contributed by atoms with Crippen LogP contribution in [0.25, 0.3) is 0 Å². The van der Waals surface area contributed by atoms with E-state index < -0.39 is 41.5 Å². The van der Waals surface area contributed by atoms with Gasteiger partial charge in [0.15, 0.2) is 0 Å². The highest BCUT2D eigenvalue weighted by Gasteiger charge is 2.47. The minimum atomic E-state index is -4.66. The summed E-state index contributed by atoms with van der Waals surface area (Å²) in [7, 11) is 3.67. The number of carbonyl (C=O) groups is 4. The zero-order chi connectivity index (χ0) is 52.5. The van der Waals surface area contributed by atoms with Crippen molar-refractivity contribution in [3.05, 3.63) is 106 Å². The van der Waals surface area contributed by atoms with Crippen LogP contribution in [0, 0.1) is 23.7 Å². The fourth-order valence-corrected chi connectivity index (χ4v) is 13.0. The summed E-state index contributed by atoms with van der Waals surface area (Å²) >= 11 is 0. The number of ether oxygens (including phenoxy) is 1. The summed E-state index contributed by atoms with van der Waals surface area (Å²) in [5, 5.41) is 8.47. The molecule has 4 saturated heterocycles. The number of halogens is 6. The third-order valence-corrected chi connectivity index (χ3v) is 17.3. The fraction of sp³-hybridized carbons (Fsp3) is 0.585. The quantitative estimate of drug-likeness (QED) is 0.155. The minimum absolute atomic E-state index is 0.0106. The van der Waals surface area contributed by atoms with E-state index in [2.05, 4.69) is 15.1 Å². The highest BCUT2D eigenvalue weighted by molar-refractivity contribution is 5.95. The lowest BCUT2D eigenvalue weighted by molar-refractivity contribution is -0.139. The molecule has 0 radical (unpaired) electrons.